The average Bonchev–Trinajstić information content (AvgIpc) is 2.87. The summed E-state index contributed by atoms with van der Waals surface area (Å²) < 4.78 is 3.96. The molecule has 123 valence electrons. The monoisotopic (exact) mass is 463 g/mol. The first-order chi connectivity index (χ1) is 10.0. The SMILES string of the molecule is Cc1cc(C)c(-n2[c][n+](-c3cccc(C)n3)cc2)c(C)c1.[Ag+].[Br-]. The van der Waals surface area contributed by atoms with Gasteiger partial charge in [0.1, 0.15) is 23.8 Å². The van der Waals surface area contributed by atoms with Crippen LogP contribution < -0.4 is 21.5 Å². The Morgan fingerprint density at radius 1 is 1.04 bits per heavy atom. The van der Waals surface area contributed by atoms with E-state index in [1.807, 2.05) is 46.7 Å². The van der Waals surface area contributed by atoms with Gasteiger partial charge < -0.3 is 17.0 Å². The van der Waals surface area contributed by atoms with Crippen LogP contribution in [-0.2, 0) is 22.4 Å². The van der Waals surface area contributed by atoms with Crippen LogP contribution >= 0.6 is 0 Å². The molecule has 2 heterocycles. The van der Waals surface area contributed by atoms with Crippen LogP contribution in [0, 0.1) is 34.0 Å². The molecule has 0 amide bonds. The first-order valence-electron chi connectivity index (χ1n) is 7.09. The van der Waals surface area contributed by atoms with Gasteiger partial charge >= 0.3 is 28.7 Å². The van der Waals surface area contributed by atoms with Crippen LogP contribution in [0.1, 0.15) is 22.4 Å². The summed E-state index contributed by atoms with van der Waals surface area (Å²) in [5, 5.41) is 0. The van der Waals surface area contributed by atoms with E-state index in [1.165, 1.54) is 22.4 Å². The minimum Gasteiger partial charge on any atom is -1.00 e. The van der Waals surface area contributed by atoms with Crippen molar-refractivity contribution in [1.82, 2.24) is 9.55 Å². The zero-order valence-corrected chi connectivity index (χ0v) is 16.6. The third-order valence-corrected chi connectivity index (χ3v) is 3.58. The van der Waals surface area contributed by atoms with Gasteiger partial charge in [0.15, 0.2) is 0 Å². The summed E-state index contributed by atoms with van der Waals surface area (Å²) in [6.07, 6.45) is 7.35. The molecule has 0 spiro atoms. The molecule has 0 saturated heterocycles. The molecule has 0 aliphatic heterocycles. The van der Waals surface area contributed by atoms with Crippen molar-refractivity contribution in [2.24, 2.45) is 0 Å². The second-order valence-corrected chi connectivity index (χ2v) is 5.52. The number of rotatable bonds is 2. The quantitative estimate of drug-likeness (QED) is 0.392. The summed E-state index contributed by atoms with van der Waals surface area (Å²) in [6, 6.07) is 10.4. The third kappa shape index (κ3) is 4.21. The first-order valence-corrected chi connectivity index (χ1v) is 7.09. The molecule has 2 aromatic heterocycles. The molecule has 0 N–H and O–H groups in total. The van der Waals surface area contributed by atoms with Crippen LogP contribution in [0.5, 0.6) is 0 Å². The number of hydrogen-bond acceptors (Lipinski definition) is 1. The molecule has 1 aromatic carbocycles. The van der Waals surface area contributed by atoms with Crippen LogP contribution in [0.15, 0.2) is 42.7 Å². The Balaban J connectivity index is 0.00000132. The molecule has 0 bridgehead atoms. The molecule has 5 heteroatoms. The molecule has 0 aliphatic rings. The Hall–Kier alpha value is -1.20. The number of halogens is 1. The van der Waals surface area contributed by atoms with Gasteiger partial charge in [-0.3, -0.25) is 0 Å². The zero-order valence-electron chi connectivity index (χ0n) is 13.6. The summed E-state index contributed by atoms with van der Waals surface area (Å²) in [5.74, 6) is 0.885. The van der Waals surface area contributed by atoms with Gasteiger partial charge in [0, 0.05) is 6.07 Å². The number of aryl methyl sites for hydroxylation is 4. The topological polar surface area (TPSA) is 21.7 Å². The Kier molecular flexibility index (Phi) is 6.96. The molecular weight excluding hydrogens is 446 g/mol. The van der Waals surface area contributed by atoms with Crippen LogP contribution in [0.2, 0.25) is 0 Å². The second-order valence-electron chi connectivity index (χ2n) is 5.52. The van der Waals surface area contributed by atoms with E-state index >= 15 is 0 Å². The maximum absolute atomic E-state index is 4.53. The van der Waals surface area contributed by atoms with Crippen LogP contribution in [0.25, 0.3) is 11.5 Å². The molecule has 3 nitrogen and oxygen atoms in total. The summed E-state index contributed by atoms with van der Waals surface area (Å²) in [6.45, 7) is 8.40. The predicted molar refractivity (Wildman–Crippen MR) is 82.9 cm³/mol. The Bertz CT molecular complexity index is 789. The van der Waals surface area contributed by atoms with E-state index in [1.54, 1.807) is 0 Å². The maximum Gasteiger partial charge on any atom is 1.00 e. The number of nitrogens with zero attached hydrogens (tertiary/aromatic N) is 3. The minimum absolute atomic E-state index is 0. The van der Waals surface area contributed by atoms with E-state index in [2.05, 4.69) is 44.2 Å². The van der Waals surface area contributed by atoms with Crippen molar-refractivity contribution >= 4 is 0 Å². The van der Waals surface area contributed by atoms with Gasteiger partial charge in [-0.25, -0.2) is 4.57 Å². The van der Waals surface area contributed by atoms with Gasteiger partial charge in [-0.1, -0.05) is 23.8 Å². The smallest absolute Gasteiger partial charge is 1.00 e. The number of pyridine rings is 1. The number of benzene rings is 1. The van der Waals surface area contributed by atoms with E-state index < -0.39 is 0 Å². The third-order valence-electron chi connectivity index (χ3n) is 3.58. The van der Waals surface area contributed by atoms with Gasteiger partial charge in [0.2, 0.25) is 0 Å². The molecule has 0 fully saturated rings. The summed E-state index contributed by atoms with van der Waals surface area (Å²) in [7, 11) is 0. The van der Waals surface area contributed by atoms with Gasteiger partial charge in [-0.2, -0.15) is 4.57 Å². The Morgan fingerprint density at radius 2 is 1.70 bits per heavy atom. The van der Waals surface area contributed by atoms with Gasteiger partial charge in [-0.05, 0) is 44.9 Å². The number of hydrogen-bond donors (Lipinski definition) is 0. The minimum atomic E-state index is 0. The fourth-order valence-corrected chi connectivity index (χ4v) is 2.78. The van der Waals surface area contributed by atoms with Gasteiger partial charge in [-0.15, -0.1) is 4.98 Å². The van der Waals surface area contributed by atoms with Crippen molar-refractivity contribution in [3.63, 3.8) is 0 Å². The Morgan fingerprint density at radius 3 is 2.30 bits per heavy atom. The molecule has 0 unspecified atom stereocenters. The van der Waals surface area contributed by atoms with Crippen molar-refractivity contribution in [2.75, 3.05) is 0 Å². The number of imidazole rings is 1. The van der Waals surface area contributed by atoms with Crippen LogP contribution in [0.4, 0.5) is 0 Å². The largest absolute Gasteiger partial charge is 1.00 e. The standard InChI is InChI=1S/C18H19N3.Ag.BrH/c1-13-10-14(2)18(15(3)11-13)21-9-8-20(12-21)17-7-5-6-16(4)19-17;;/h5-11H,1-4H3;;1H/q2*+1;/p-1. The molecule has 0 aliphatic carbocycles. The van der Waals surface area contributed by atoms with Crippen molar-refractivity contribution < 1.29 is 43.9 Å². The van der Waals surface area contributed by atoms with E-state index in [9.17, 15) is 0 Å². The fourth-order valence-electron chi connectivity index (χ4n) is 2.78. The van der Waals surface area contributed by atoms with Crippen LogP contribution in [0.3, 0.4) is 0 Å². The van der Waals surface area contributed by atoms with Crippen molar-refractivity contribution in [3.05, 3.63) is 71.4 Å². The number of aromatic nitrogens is 3. The molecule has 0 saturated carbocycles. The summed E-state index contributed by atoms with van der Waals surface area (Å²) in [4.78, 5) is 4.53. The van der Waals surface area contributed by atoms with E-state index in [0.29, 0.717) is 0 Å². The molecule has 23 heavy (non-hydrogen) atoms. The summed E-state index contributed by atoms with van der Waals surface area (Å²) >= 11 is 0. The summed E-state index contributed by atoms with van der Waals surface area (Å²) in [5.41, 5.74) is 5.98. The zero-order chi connectivity index (χ0) is 15.0. The van der Waals surface area contributed by atoms with Gasteiger partial charge in [0.05, 0.1) is 0 Å². The van der Waals surface area contributed by atoms with E-state index in [-0.39, 0.29) is 39.4 Å². The van der Waals surface area contributed by atoms with E-state index in [4.69, 9.17) is 0 Å². The fraction of sp³-hybridized carbons (Fsp3) is 0.222. The maximum atomic E-state index is 4.53. The molecular formula is C18H19AgBrN3+. The average molecular weight is 465 g/mol. The van der Waals surface area contributed by atoms with Crippen molar-refractivity contribution in [1.29, 1.82) is 0 Å². The normalized spacial score (nSPS) is 9.91. The van der Waals surface area contributed by atoms with Gasteiger partial charge in [0.25, 0.3) is 5.82 Å². The molecule has 3 aromatic rings. The first kappa shape index (κ1) is 19.8. The predicted octanol–water partition coefficient (Wildman–Crippen LogP) is 0.184. The second kappa shape index (κ2) is 8.06. The Labute approximate surface area is 163 Å². The molecule has 0 atom stereocenters. The van der Waals surface area contributed by atoms with Crippen molar-refractivity contribution in [2.45, 2.75) is 27.7 Å². The van der Waals surface area contributed by atoms with Crippen LogP contribution in [-0.4, -0.2) is 9.55 Å². The molecule has 3 rings (SSSR count). The van der Waals surface area contributed by atoms with Crippen molar-refractivity contribution in [3.8, 4) is 11.5 Å². The van der Waals surface area contributed by atoms with E-state index in [0.717, 1.165) is 11.5 Å². The molecule has 1 radical (unpaired) electrons.